The van der Waals surface area contributed by atoms with Gasteiger partial charge in [-0.3, -0.25) is 4.57 Å². The first kappa shape index (κ1) is 19.8. The maximum atomic E-state index is 13.4. The van der Waals surface area contributed by atoms with E-state index in [1.165, 1.54) is 21.4 Å². The van der Waals surface area contributed by atoms with E-state index >= 15 is 0 Å². The molecular formula is C23H25N5O3S. The van der Waals surface area contributed by atoms with Crippen LogP contribution in [0.3, 0.4) is 0 Å². The number of rotatable bonds is 5. The molecule has 5 heterocycles. The van der Waals surface area contributed by atoms with Crippen molar-refractivity contribution < 1.29 is 9.47 Å². The molecule has 0 aliphatic carbocycles. The van der Waals surface area contributed by atoms with Crippen LogP contribution in [-0.2, 0) is 17.7 Å². The third-order valence-electron chi connectivity index (χ3n) is 6.54. The molecule has 1 atom stereocenters. The molecule has 0 N–H and O–H groups in total. The van der Waals surface area contributed by atoms with Gasteiger partial charge in [0.05, 0.1) is 30.6 Å². The second-order valence-corrected chi connectivity index (χ2v) is 9.53. The summed E-state index contributed by atoms with van der Waals surface area (Å²) in [7, 11) is 1.65. The van der Waals surface area contributed by atoms with Gasteiger partial charge >= 0.3 is 5.69 Å². The lowest BCUT2D eigenvalue weighted by Crippen LogP contribution is -2.33. The molecule has 3 aromatic heterocycles. The zero-order valence-electron chi connectivity index (χ0n) is 18.0. The molecule has 6 rings (SSSR count). The number of hydrogen-bond acceptors (Lipinski definition) is 7. The molecule has 0 saturated carbocycles. The van der Waals surface area contributed by atoms with Crippen LogP contribution in [0.4, 0.5) is 5.00 Å². The van der Waals surface area contributed by atoms with Gasteiger partial charge in [-0.1, -0.05) is 23.5 Å². The van der Waals surface area contributed by atoms with Gasteiger partial charge in [0.2, 0.25) is 0 Å². The highest BCUT2D eigenvalue weighted by Gasteiger charge is 2.29. The van der Waals surface area contributed by atoms with Gasteiger partial charge < -0.3 is 14.4 Å². The van der Waals surface area contributed by atoms with E-state index < -0.39 is 0 Å². The quantitative estimate of drug-likeness (QED) is 0.465. The van der Waals surface area contributed by atoms with E-state index in [4.69, 9.17) is 9.47 Å². The first-order valence-electron chi connectivity index (χ1n) is 11.1. The van der Waals surface area contributed by atoms with Gasteiger partial charge in [-0.2, -0.15) is 9.61 Å². The average Bonchev–Trinajstić information content (AvgIpc) is 3.56. The average molecular weight is 452 g/mol. The Balaban J connectivity index is 1.50. The minimum atomic E-state index is -0.157. The van der Waals surface area contributed by atoms with Crippen molar-refractivity contribution in [3.63, 3.8) is 0 Å². The van der Waals surface area contributed by atoms with Crippen LogP contribution in [0, 0.1) is 5.92 Å². The van der Waals surface area contributed by atoms with Gasteiger partial charge in [-0.15, -0.1) is 0 Å². The normalized spacial score (nSPS) is 18.5. The molecule has 166 valence electrons. The first-order valence-corrected chi connectivity index (χ1v) is 11.9. The Hall–Kier alpha value is -2.91. The number of benzene rings is 1. The van der Waals surface area contributed by atoms with E-state index in [0.29, 0.717) is 18.1 Å². The summed E-state index contributed by atoms with van der Waals surface area (Å²) >= 11 is 1.72. The number of hydrogen-bond donors (Lipinski definition) is 0. The van der Waals surface area contributed by atoms with Gasteiger partial charge in [0.15, 0.2) is 5.65 Å². The topological polar surface area (TPSA) is 73.9 Å². The number of anilines is 1. The van der Waals surface area contributed by atoms with Gasteiger partial charge in [-0.05, 0) is 42.5 Å². The molecule has 0 amide bonds. The summed E-state index contributed by atoms with van der Waals surface area (Å²) in [6.45, 7) is 4.23. The molecule has 32 heavy (non-hydrogen) atoms. The molecule has 8 nitrogen and oxygen atoms in total. The maximum Gasteiger partial charge on any atom is 0.352 e. The van der Waals surface area contributed by atoms with Gasteiger partial charge in [0, 0.05) is 25.6 Å². The van der Waals surface area contributed by atoms with Crippen molar-refractivity contribution in [3.8, 4) is 5.75 Å². The molecule has 4 aromatic rings. The van der Waals surface area contributed by atoms with Crippen LogP contribution >= 0.6 is 11.3 Å². The molecule has 2 aliphatic heterocycles. The minimum Gasteiger partial charge on any atom is -0.497 e. The number of ether oxygens (including phenoxy) is 2. The molecule has 0 bridgehead atoms. The molecule has 1 fully saturated rings. The Morgan fingerprint density at radius 1 is 1.28 bits per heavy atom. The third-order valence-corrected chi connectivity index (χ3v) is 7.86. The van der Waals surface area contributed by atoms with E-state index in [9.17, 15) is 4.79 Å². The van der Waals surface area contributed by atoms with Crippen LogP contribution in [0.2, 0.25) is 0 Å². The number of thiophene rings is 1. The van der Waals surface area contributed by atoms with Crippen LogP contribution in [0.1, 0.15) is 24.0 Å². The lowest BCUT2D eigenvalue weighted by atomic mass is 10.0. The second kappa shape index (κ2) is 7.90. The number of fused-ring (bicyclic) bond motifs is 5. The van der Waals surface area contributed by atoms with Crippen molar-refractivity contribution >= 4 is 32.2 Å². The van der Waals surface area contributed by atoms with E-state index in [1.54, 1.807) is 18.4 Å². The predicted molar refractivity (Wildman–Crippen MR) is 124 cm³/mol. The Bertz CT molecular complexity index is 1330. The molecule has 0 spiro atoms. The molecule has 0 radical (unpaired) electrons. The summed E-state index contributed by atoms with van der Waals surface area (Å²) < 4.78 is 14.2. The van der Waals surface area contributed by atoms with Gasteiger partial charge in [0.25, 0.3) is 0 Å². The first-order chi connectivity index (χ1) is 15.7. The fourth-order valence-corrected chi connectivity index (χ4v) is 6.29. The number of methoxy groups -OCH3 is 1. The Morgan fingerprint density at radius 2 is 2.16 bits per heavy atom. The van der Waals surface area contributed by atoms with Crippen molar-refractivity contribution in [1.82, 2.24) is 19.2 Å². The van der Waals surface area contributed by atoms with E-state index in [1.807, 2.05) is 28.8 Å². The second-order valence-electron chi connectivity index (χ2n) is 8.56. The van der Waals surface area contributed by atoms with Crippen molar-refractivity contribution in [2.45, 2.75) is 25.8 Å². The molecule has 9 heteroatoms. The molecule has 1 saturated heterocycles. The SMILES string of the molecule is COc1ccc(Cn2c(=O)n3ncnc3c3c4c(sc32)N(C[C@H]2CCOC2)CCC4)cc1. The zero-order chi connectivity index (χ0) is 21.7. The Kier molecular flexibility index (Phi) is 4.87. The summed E-state index contributed by atoms with van der Waals surface area (Å²) in [5.41, 5.74) is 2.85. The van der Waals surface area contributed by atoms with Crippen LogP contribution in [0.5, 0.6) is 5.75 Å². The summed E-state index contributed by atoms with van der Waals surface area (Å²) in [5.74, 6) is 1.37. The van der Waals surface area contributed by atoms with E-state index in [2.05, 4.69) is 15.0 Å². The standard InChI is InChI=1S/C23H25N5O3S/c1-30-17-6-4-15(5-7-17)12-27-22-19(20-24-14-25-28(20)23(27)29)18-3-2-9-26(21(18)32-22)11-16-8-10-31-13-16/h4-7,14,16H,2-3,8-13H2,1H3/t16-/m1/s1. The Labute approximate surface area is 189 Å². The van der Waals surface area contributed by atoms with Crippen molar-refractivity contribution in [2.24, 2.45) is 5.92 Å². The number of aryl methyl sites for hydroxylation is 1. The maximum absolute atomic E-state index is 13.4. The van der Waals surface area contributed by atoms with Crippen LogP contribution in [-0.4, -0.2) is 52.6 Å². The summed E-state index contributed by atoms with van der Waals surface area (Å²) in [5, 5.41) is 6.60. The van der Waals surface area contributed by atoms with E-state index in [0.717, 1.165) is 67.1 Å². The molecule has 0 unspecified atom stereocenters. The predicted octanol–water partition coefficient (Wildman–Crippen LogP) is 2.95. The molecular weight excluding hydrogens is 426 g/mol. The van der Waals surface area contributed by atoms with Crippen LogP contribution in [0.15, 0.2) is 35.4 Å². The lowest BCUT2D eigenvalue weighted by molar-refractivity contribution is 0.186. The van der Waals surface area contributed by atoms with Gasteiger partial charge in [0.1, 0.15) is 16.9 Å². The fraction of sp³-hybridized carbons (Fsp3) is 0.435. The smallest absolute Gasteiger partial charge is 0.352 e. The fourth-order valence-electron chi connectivity index (χ4n) is 4.92. The van der Waals surface area contributed by atoms with Crippen molar-refractivity contribution in [2.75, 3.05) is 38.3 Å². The van der Waals surface area contributed by atoms with Crippen molar-refractivity contribution in [3.05, 3.63) is 52.2 Å². The molecule has 1 aromatic carbocycles. The summed E-state index contributed by atoms with van der Waals surface area (Å²) in [4.78, 5) is 21.3. The zero-order valence-corrected chi connectivity index (χ0v) is 18.8. The molecule has 2 aliphatic rings. The highest BCUT2D eigenvalue weighted by molar-refractivity contribution is 7.22. The monoisotopic (exact) mass is 451 g/mol. The van der Waals surface area contributed by atoms with Gasteiger partial charge in [-0.25, -0.2) is 9.78 Å². The minimum absolute atomic E-state index is 0.157. The highest BCUT2D eigenvalue weighted by Crippen LogP contribution is 2.43. The van der Waals surface area contributed by atoms with Crippen LogP contribution in [0.25, 0.3) is 15.9 Å². The van der Waals surface area contributed by atoms with Crippen molar-refractivity contribution in [1.29, 1.82) is 0 Å². The lowest BCUT2D eigenvalue weighted by Gasteiger charge is -2.30. The summed E-state index contributed by atoms with van der Waals surface area (Å²) in [6.07, 6.45) is 4.70. The number of aromatic nitrogens is 4. The van der Waals surface area contributed by atoms with E-state index in [-0.39, 0.29) is 5.69 Å². The Morgan fingerprint density at radius 3 is 2.94 bits per heavy atom. The third kappa shape index (κ3) is 3.18. The van der Waals surface area contributed by atoms with Crippen LogP contribution < -0.4 is 15.3 Å². The number of nitrogens with zero attached hydrogens (tertiary/aromatic N) is 5. The highest BCUT2D eigenvalue weighted by atomic mass is 32.1. The largest absolute Gasteiger partial charge is 0.497 e. The summed E-state index contributed by atoms with van der Waals surface area (Å²) in [6, 6.07) is 7.86.